The molecule has 2 aromatic rings. The highest BCUT2D eigenvalue weighted by atomic mass is 16.5. The van der Waals surface area contributed by atoms with E-state index in [9.17, 15) is 5.11 Å². The Labute approximate surface area is 138 Å². The van der Waals surface area contributed by atoms with Gasteiger partial charge in [-0.25, -0.2) is 0 Å². The van der Waals surface area contributed by atoms with Crippen LogP contribution < -0.4 is 9.64 Å². The summed E-state index contributed by atoms with van der Waals surface area (Å²) >= 11 is 0. The molecule has 0 fully saturated rings. The Morgan fingerprint density at radius 1 is 1.04 bits per heavy atom. The lowest BCUT2D eigenvalue weighted by Crippen LogP contribution is -2.24. The van der Waals surface area contributed by atoms with Crippen molar-refractivity contribution in [2.75, 3.05) is 39.7 Å². The maximum atomic E-state index is 10.4. The van der Waals surface area contributed by atoms with E-state index in [1.165, 1.54) is 11.3 Å². The van der Waals surface area contributed by atoms with Gasteiger partial charge in [-0.2, -0.15) is 0 Å². The second kappa shape index (κ2) is 7.99. The highest BCUT2D eigenvalue weighted by Gasteiger charge is 2.12. The van der Waals surface area contributed by atoms with Crippen molar-refractivity contribution in [2.24, 2.45) is 0 Å². The molecule has 0 bridgehead atoms. The molecule has 0 spiro atoms. The summed E-state index contributed by atoms with van der Waals surface area (Å²) in [5, 5.41) is 10.4. The predicted octanol–water partition coefficient (Wildman–Crippen LogP) is 2.93. The number of likely N-dealkylation sites (N-methyl/N-ethyl adjacent to an activating group) is 1. The summed E-state index contributed by atoms with van der Waals surface area (Å²) in [5.41, 5.74) is 3.29. The molecule has 0 saturated heterocycles. The van der Waals surface area contributed by atoms with E-state index in [4.69, 9.17) is 4.74 Å². The number of rotatable bonds is 7. The van der Waals surface area contributed by atoms with Crippen molar-refractivity contribution in [3.63, 3.8) is 0 Å². The van der Waals surface area contributed by atoms with E-state index >= 15 is 0 Å². The number of hydrogen-bond acceptors (Lipinski definition) is 4. The number of anilines is 1. The largest absolute Gasteiger partial charge is 0.497 e. The van der Waals surface area contributed by atoms with Crippen LogP contribution in [0.25, 0.3) is 0 Å². The highest BCUT2D eigenvalue weighted by molar-refractivity contribution is 5.47. The summed E-state index contributed by atoms with van der Waals surface area (Å²) in [6.07, 6.45) is -0.535. The smallest absolute Gasteiger partial charge is 0.119 e. The lowest BCUT2D eigenvalue weighted by molar-refractivity contribution is 0.123. The number of nitrogens with zero attached hydrogens (tertiary/aromatic N) is 2. The molecular formula is C19H26N2O2. The van der Waals surface area contributed by atoms with E-state index in [0.29, 0.717) is 6.54 Å². The van der Waals surface area contributed by atoms with Gasteiger partial charge in [0.2, 0.25) is 0 Å². The van der Waals surface area contributed by atoms with Gasteiger partial charge in [0.05, 0.1) is 13.2 Å². The number of ether oxygens (including phenoxy) is 1. The minimum Gasteiger partial charge on any atom is -0.497 e. The molecule has 0 amide bonds. The zero-order valence-corrected chi connectivity index (χ0v) is 14.4. The van der Waals surface area contributed by atoms with Crippen LogP contribution in [0.5, 0.6) is 5.75 Å². The first-order valence-corrected chi connectivity index (χ1v) is 7.76. The van der Waals surface area contributed by atoms with Gasteiger partial charge in [-0.1, -0.05) is 24.3 Å². The van der Waals surface area contributed by atoms with E-state index in [-0.39, 0.29) is 0 Å². The molecule has 2 rings (SSSR count). The third kappa shape index (κ3) is 4.98. The first-order valence-electron chi connectivity index (χ1n) is 7.76. The van der Waals surface area contributed by atoms with Gasteiger partial charge >= 0.3 is 0 Å². The average molecular weight is 314 g/mol. The number of benzene rings is 2. The summed E-state index contributed by atoms with van der Waals surface area (Å²) in [6.45, 7) is 1.36. The van der Waals surface area contributed by atoms with Crippen molar-refractivity contribution in [3.8, 4) is 5.75 Å². The molecule has 1 atom stereocenters. The van der Waals surface area contributed by atoms with E-state index < -0.39 is 6.10 Å². The molecular weight excluding hydrogens is 288 g/mol. The van der Waals surface area contributed by atoms with Gasteiger partial charge in [0.15, 0.2) is 0 Å². The molecule has 0 aliphatic carbocycles. The lowest BCUT2D eigenvalue weighted by Gasteiger charge is -2.22. The average Bonchev–Trinajstić information content (AvgIpc) is 2.55. The molecule has 4 nitrogen and oxygen atoms in total. The molecule has 124 valence electrons. The first-order chi connectivity index (χ1) is 11.0. The van der Waals surface area contributed by atoms with Gasteiger partial charge in [0, 0.05) is 32.9 Å². The Balaban J connectivity index is 1.98. The summed E-state index contributed by atoms with van der Waals surface area (Å²) in [6, 6.07) is 16.0. The Bertz CT molecular complexity index is 628. The fourth-order valence-corrected chi connectivity index (χ4v) is 2.56. The van der Waals surface area contributed by atoms with Crippen molar-refractivity contribution < 1.29 is 9.84 Å². The molecule has 23 heavy (non-hydrogen) atoms. The molecule has 0 radical (unpaired) electrons. The highest BCUT2D eigenvalue weighted by Crippen LogP contribution is 2.21. The van der Waals surface area contributed by atoms with E-state index in [1.54, 1.807) is 7.11 Å². The molecule has 0 saturated carbocycles. The van der Waals surface area contributed by atoms with E-state index in [1.807, 2.05) is 45.4 Å². The molecule has 2 aromatic carbocycles. The summed E-state index contributed by atoms with van der Waals surface area (Å²) in [5.74, 6) is 0.767. The molecule has 0 aliphatic heterocycles. The van der Waals surface area contributed by atoms with Crippen molar-refractivity contribution in [1.82, 2.24) is 4.90 Å². The van der Waals surface area contributed by atoms with Gasteiger partial charge in [-0.15, -0.1) is 0 Å². The Morgan fingerprint density at radius 2 is 1.78 bits per heavy atom. The summed E-state index contributed by atoms with van der Waals surface area (Å²) in [7, 11) is 7.73. The normalized spacial score (nSPS) is 12.3. The molecule has 4 heteroatoms. The monoisotopic (exact) mass is 314 g/mol. The number of aliphatic hydroxyl groups excluding tert-OH is 1. The SMILES string of the molecule is COc1cccc(C(O)CN(C)Cc2cccc(N(C)C)c2)c1. The topological polar surface area (TPSA) is 35.9 Å². The number of methoxy groups -OCH3 is 1. The van der Waals surface area contributed by atoms with E-state index in [2.05, 4.69) is 34.1 Å². The van der Waals surface area contributed by atoms with Gasteiger partial charge in [-0.3, -0.25) is 4.90 Å². The van der Waals surface area contributed by atoms with Crippen molar-refractivity contribution in [3.05, 3.63) is 59.7 Å². The summed E-state index contributed by atoms with van der Waals surface area (Å²) < 4.78 is 5.21. The lowest BCUT2D eigenvalue weighted by atomic mass is 10.1. The molecule has 0 heterocycles. The van der Waals surface area contributed by atoms with Gasteiger partial charge in [0.25, 0.3) is 0 Å². The predicted molar refractivity (Wildman–Crippen MR) is 95.1 cm³/mol. The Kier molecular flexibility index (Phi) is 6.02. The Hall–Kier alpha value is -2.04. The van der Waals surface area contributed by atoms with Crippen LogP contribution in [0.2, 0.25) is 0 Å². The molecule has 1 N–H and O–H groups in total. The fraction of sp³-hybridized carbons (Fsp3) is 0.368. The van der Waals surface area contributed by atoms with Crippen LogP contribution in [0.1, 0.15) is 17.2 Å². The second-order valence-corrected chi connectivity index (χ2v) is 6.05. The number of hydrogen-bond donors (Lipinski definition) is 1. The standard InChI is InChI=1S/C19H26N2O2/c1-20(2)17-9-5-7-15(11-17)13-21(3)14-19(22)16-8-6-10-18(12-16)23-4/h5-12,19,22H,13-14H2,1-4H3. The van der Waals surface area contributed by atoms with Crippen molar-refractivity contribution in [2.45, 2.75) is 12.6 Å². The van der Waals surface area contributed by atoms with Crippen LogP contribution >= 0.6 is 0 Å². The van der Waals surface area contributed by atoms with E-state index in [0.717, 1.165) is 17.9 Å². The van der Waals surface area contributed by atoms with Crippen LogP contribution in [-0.4, -0.2) is 44.8 Å². The Morgan fingerprint density at radius 3 is 2.48 bits per heavy atom. The van der Waals surface area contributed by atoms with Gasteiger partial charge < -0.3 is 14.7 Å². The maximum absolute atomic E-state index is 10.4. The van der Waals surface area contributed by atoms with Crippen LogP contribution in [0, 0.1) is 0 Å². The third-order valence-electron chi connectivity index (χ3n) is 3.84. The zero-order valence-electron chi connectivity index (χ0n) is 14.4. The number of aliphatic hydroxyl groups is 1. The minimum absolute atomic E-state index is 0.535. The van der Waals surface area contributed by atoms with Crippen LogP contribution in [-0.2, 0) is 6.54 Å². The quantitative estimate of drug-likeness (QED) is 0.852. The van der Waals surface area contributed by atoms with Crippen molar-refractivity contribution in [1.29, 1.82) is 0 Å². The van der Waals surface area contributed by atoms with Crippen LogP contribution in [0.4, 0.5) is 5.69 Å². The minimum atomic E-state index is -0.535. The van der Waals surface area contributed by atoms with Crippen LogP contribution in [0.15, 0.2) is 48.5 Å². The van der Waals surface area contributed by atoms with Gasteiger partial charge in [-0.05, 0) is 42.4 Å². The molecule has 0 aliphatic rings. The first kappa shape index (κ1) is 17.3. The second-order valence-electron chi connectivity index (χ2n) is 6.05. The zero-order chi connectivity index (χ0) is 16.8. The molecule has 1 unspecified atom stereocenters. The fourth-order valence-electron chi connectivity index (χ4n) is 2.56. The molecule has 0 aromatic heterocycles. The van der Waals surface area contributed by atoms with Gasteiger partial charge in [0.1, 0.15) is 5.75 Å². The van der Waals surface area contributed by atoms with Crippen LogP contribution in [0.3, 0.4) is 0 Å². The summed E-state index contributed by atoms with van der Waals surface area (Å²) in [4.78, 5) is 4.22. The third-order valence-corrected chi connectivity index (χ3v) is 3.84. The van der Waals surface area contributed by atoms with Crippen molar-refractivity contribution >= 4 is 5.69 Å². The maximum Gasteiger partial charge on any atom is 0.119 e.